The van der Waals surface area contributed by atoms with Crippen LogP contribution in [-0.4, -0.2) is 49.5 Å². The van der Waals surface area contributed by atoms with Crippen molar-refractivity contribution in [2.24, 2.45) is 0 Å². The second-order valence-corrected chi connectivity index (χ2v) is 5.33. The Kier molecular flexibility index (Phi) is 8.04. The predicted molar refractivity (Wildman–Crippen MR) is 88.4 cm³/mol. The van der Waals surface area contributed by atoms with Gasteiger partial charge in [0.2, 0.25) is 0 Å². The average Bonchev–Trinajstić information content (AvgIpc) is 2.57. The van der Waals surface area contributed by atoms with Crippen LogP contribution in [0.25, 0.3) is 0 Å². The highest BCUT2D eigenvalue weighted by molar-refractivity contribution is 5.85. The van der Waals surface area contributed by atoms with Gasteiger partial charge in [-0.2, -0.15) is 13.2 Å². The minimum atomic E-state index is -4.42. The van der Waals surface area contributed by atoms with E-state index in [1.807, 2.05) is 4.90 Å². The summed E-state index contributed by atoms with van der Waals surface area (Å²) in [6.07, 6.45) is -5.06. The smallest absolute Gasteiger partial charge is 0.509 e. The summed E-state index contributed by atoms with van der Waals surface area (Å²) in [4.78, 5) is 13.0. The summed E-state index contributed by atoms with van der Waals surface area (Å²) >= 11 is 0. The third-order valence-corrected chi connectivity index (χ3v) is 3.56. The summed E-state index contributed by atoms with van der Waals surface area (Å²) in [6, 6.07) is 4.64. The van der Waals surface area contributed by atoms with Gasteiger partial charge in [-0.15, -0.1) is 12.4 Å². The molecular formula is C16H19ClF3NO5. The van der Waals surface area contributed by atoms with E-state index in [0.29, 0.717) is 13.1 Å². The van der Waals surface area contributed by atoms with Crippen LogP contribution in [0.15, 0.2) is 35.8 Å². The van der Waals surface area contributed by atoms with Crippen LogP contribution in [0.2, 0.25) is 0 Å². The van der Waals surface area contributed by atoms with Crippen molar-refractivity contribution in [2.45, 2.75) is 12.6 Å². The number of ether oxygens (including phenoxy) is 3. The van der Waals surface area contributed by atoms with E-state index in [1.165, 1.54) is 12.1 Å². The lowest BCUT2D eigenvalue weighted by Crippen LogP contribution is -2.36. The van der Waals surface area contributed by atoms with Crippen LogP contribution in [0.3, 0.4) is 0 Å². The Labute approximate surface area is 154 Å². The van der Waals surface area contributed by atoms with E-state index >= 15 is 0 Å². The Morgan fingerprint density at radius 3 is 2.73 bits per heavy atom. The zero-order valence-corrected chi connectivity index (χ0v) is 14.7. The Balaban J connectivity index is 0.00000338. The van der Waals surface area contributed by atoms with Gasteiger partial charge in [0.15, 0.2) is 5.76 Å². The lowest BCUT2D eigenvalue weighted by atomic mass is 10.2. The van der Waals surface area contributed by atoms with E-state index in [1.54, 1.807) is 0 Å². The maximum atomic E-state index is 12.6. The summed E-state index contributed by atoms with van der Waals surface area (Å²) in [5, 5.41) is 9.72. The number of methoxy groups -OCH3 is 1. The van der Waals surface area contributed by atoms with Crippen molar-refractivity contribution in [1.82, 2.24) is 4.90 Å². The van der Waals surface area contributed by atoms with Gasteiger partial charge in [-0.1, -0.05) is 6.07 Å². The maximum absolute atomic E-state index is 12.6. The van der Waals surface area contributed by atoms with Crippen molar-refractivity contribution >= 4 is 18.6 Å². The molecule has 2 rings (SSSR count). The highest BCUT2D eigenvalue weighted by Gasteiger charge is 2.30. The maximum Gasteiger partial charge on any atom is 0.513 e. The minimum Gasteiger partial charge on any atom is -0.509 e. The summed E-state index contributed by atoms with van der Waals surface area (Å²) in [6.45, 7) is 1.21. The molecule has 0 aliphatic carbocycles. The molecule has 0 saturated heterocycles. The molecule has 0 bridgehead atoms. The molecule has 26 heavy (non-hydrogen) atoms. The largest absolute Gasteiger partial charge is 0.513 e. The molecule has 0 unspecified atom stereocenters. The minimum absolute atomic E-state index is 0. The number of aliphatic hydroxyl groups excluding tert-OH is 1. The van der Waals surface area contributed by atoms with Crippen LogP contribution in [0.5, 0.6) is 5.75 Å². The van der Waals surface area contributed by atoms with Crippen LogP contribution < -0.4 is 4.74 Å². The van der Waals surface area contributed by atoms with Crippen molar-refractivity contribution in [3.05, 3.63) is 41.3 Å². The fraction of sp³-hybridized carbons (Fsp3) is 0.438. The normalized spacial score (nSPS) is 15.2. The lowest BCUT2D eigenvalue weighted by Gasteiger charge is -2.27. The molecular weight excluding hydrogens is 379 g/mol. The Hall–Kier alpha value is -2.13. The molecule has 0 aromatic heterocycles. The van der Waals surface area contributed by atoms with Gasteiger partial charge in [0.25, 0.3) is 0 Å². The van der Waals surface area contributed by atoms with Crippen LogP contribution in [0.1, 0.15) is 12.0 Å². The zero-order valence-electron chi connectivity index (χ0n) is 13.9. The van der Waals surface area contributed by atoms with E-state index in [-0.39, 0.29) is 49.2 Å². The molecule has 0 amide bonds. The molecule has 1 aromatic rings. The number of halogens is 4. The lowest BCUT2D eigenvalue weighted by molar-refractivity contribution is -0.137. The van der Waals surface area contributed by atoms with E-state index in [0.717, 1.165) is 19.2 Å². The fourth-order valence-corrected chi connectivity index (χ4v) is 2.26. The second-order valence-electron chi connectivity index (χ2n) is 5.33. The molecule has 146 valence electrons. The van der Waals surface area contributed by atoms with Crippen molar-refractivity contribution in [3.8, 4) is 5.75 Å². The first-order valence-corrected chi connectivity index (χ1v) is 7.49. The molecule has 1 aliphatic rings. The van der Waals surface area contributed by atoms with Crippen molar-refractivity contribution in [1.29, 1.82) is 0 Å². The van der Waals surface area contributed by atoms with Gasteiger partial charge in [-0.05, 0) is 18.2 Å². The van der Waals surface area contributed by atoms with Crippen molar-refractivity contribution in [2.75, 3.05) is 33.4 Å². The van der Waals surface area contributed by atoms with Gasteiger partial charge in [0.05, 0.1) is 19.2 Å². The molecule has 1 heterocycles. The van der Waals surface area contributed by atoms with E-state index in [4.69, 9.17) is 9.47 Å². The summed E-state index contributed by atoms with van der Waals surface area (Å²) < 4.78 is 52.5. The highest BCUT2D eigenvalue weighted by atomic mass is 35.5. The molecule has 6 nitrogen and oxygen atoms in total. The summed E-state index contributed by atoms with van der Waals surface area (Å²) in [5.74, 6) is 0.189. The molecule has 0 fully saturated rings. The highest BCUT2D eigenvalue weighted by Crippen LogP contribution is 2.31. The molecule has 0 radical (unpaired) electrons. The molecule has 1 aliphatic heterocycles. The van der Waals surface area contributed by atoms with Gasteiger partial charge in [0.1, 0.15) is 18.1 Å². The van der Waals surface area contributed by atoms with Gasteiger partial charge in [-0.25, -0.2) is 4.79 Å². The standard InChI is InChI=1S/C16H18F3NO5.ClH/c1-23-15(22)25-14-10-20(6-5-13(14)21)7-8-24-12-4-2-3-11(9-12)16(17,18)19;/h2-4,9,21H,5-8,10H2,1H3;1H. The Morgan fingerprint density at radius 1 is 1.35 bits per heavy atom. The first kappa shape index (κ1) is 21.9. The number of hydrogen-bond acceptors (Lipinski definition) is 6. The van der Waals surface area contributed by atoms with Gasteiger partial charge in [-0.3, -0.25) is 4.90 Å². The fourth-order valence-electron chi connectivity index (χ4n) is 2.26. The molecule has 10 heteroatoms. The third kappa shape index (κ3) is 6.30. The van der Waals surface area contributed by atoms with Crippen LogP contribution >= 0.6 is 12.4 Å². The van der Waals surface area contributed by atoms with Crippen LogP contribution in [0.4, 0.5) is 18.0 Å². The summed E-state index contributed by atoms with van der Waals surface area (Å²) in [7, 11) is 1.16. The van der Waals surface area contributed by atoms with Gasteiger partial charge >= 0.3 is 12.3 Å². The predicted octanol–water partition coefficient (Wildman–Crippen LogP) is 3.76. The Bertz CT molecular complexity index is 651. The van der Waals surface area contributed by atoms with E-state index in [9.17, 15) is 23.1 Å². The number of benzene rings is 1. The second kappa shape index (κ2) is 9.54. The van der Waals surface area contributed by atoms with Crippen molar-refractivity contribution in [3.63, 3.8) is 0 Å². The molecule has 0 spiro atoms. The average molecular weight is 398 g/mol. The first-order chi connectivity index (χ1) is 11.8. The number of carbonyl (C=O) groups excluding carboxylic acids is 1. The molecule has 0 atom stereocenters. The zero-order chi connectivity index (χ0) is 18.4. The monoisotopic (exact) mass is 397 g/mol. The van der Waals surface area contributed by atoms with Crippen LogP contribution in [-0.2, 0) is 15.7 Å². The molecule has 1 aromatic carbocycles. The van der Waals surface area contributed by atoms with Gasteiger partial charge < -0.3 is 19.3 Å². The SMILES string of the molecule is COC(=O)OC1=C(O)CCN(CCOc2cccc(C(F)(F)F)c2)C1.Cl. The number of hydrogen-bond donors (Lipinski definition) is 1. The first-order valence-electron chi connectivity index (χ1n) is 7.49. The third-order valence-electron chi connectivity index (χ3n) is 3.56. The number of alkyl halides is 3. The van der Waals surface area contributed by atoms with E-state index in [2.05, 4.69) is 4.74 Å². The summed E-state index contributed by atoms with van der Waals surface area (Å²) in [5.41, 5.74) is -0.774. The molecule has 1 N–H and O–H groups in total. The van der Waals surface area contributed by atoms with E-state index < -0.39 is 17.9 Å². The number of nitrogens with zero attached hydrogens (tertiary/aromatic N) is 1. The van der Waals surface area contributed by atoms with Crippen molar-refractivity contribution < 1.29 is 37.3 Å². The molecule has 0 saturated carbocycles. The number of carbonyl (C=O) groups is 1. The Morgan fingerprint density at radius 2 is 2.08 bits per heavy atom. The topological polar surface area (TPSA) is 68.2 Å². The van der Waals surface area contributed by atoms with Gasteiger partial charge in [0, 0.05) is 19.5 Å². The quantitative estimate of drug-likeness (QED) is 0.763. The number of rotatable bonds is 5. The number of aliphatic hydroxyl groups is 1. The van der Waals surface area contributed by atoms with Crippen LogP contribution in [0, 0.1) is 0 Å².